The molecular weight excluding hydrogens is 246 g/mol. The summed E-state index contributed by atoms with van der Waals surface area (Å²) in [6, 6.07) is 5.24. The zero-order valence-corrected chi connectivity index (χ0v) is 12.0. The number of piperazine rings is 1. The Hall–Kier alpha value is -0.640. The first kappa shape index (κ1) is 13.8. The molecule has 4 heteroatoms. The van der Waals surface area contributed by atoms with E-state index in [1.807, 2.05) is 6.07 Å². The van der Waals surface area contributed by atoms with E-state index >= 15 is 0 Å². The Labute approximate surface area is 115 Å². The number of hydrogen-bond donors (Lipinski definition) is 1. The fraction of sp³-hybridized carbons (Fsp3) is 0.643. The van der Waals surface area contributed by atoms with Gasteiger partial charge in [-0.05, 0) is 18.9 Å². The van der Waals surface area contributed by atoms with E-state index in [4.69, 9.17) is 11.6 Å². The smallest absolute Gasteiger partial charge is 0.133 e. The topological polar surface area (TPSA) is 28.2 Å². The predicted molar refractivity (Wildman–Crippen MR) is 75.8 cm³/mol. The largest absolute Gasteiger partial charge is 0.311 e. The molecule has 3 nitrogen and oxygen atoms in total. The van der Waals surface area contributed by atoms with Crippen LogP contribution in [0, 0.1) is 0 Å². The molecule has 0 bridgehead atoms. The lowest BCUT2D eigenvalue weighted by atomic mass is 10.0. The molecule has 2 unspecified atom stereocenters. The van der Waals surface area contributed by atoms with Gasteiger partial charge in [0.2, 0.25) is 0 Å². The van der Waals surface area contributed by atoms with Crippen LogP contribution in [0.3, 0.4) is 0 Å². The highest BCUT2D eigenvalue weighted by Crippen LogP contribution is 2.19. The van der Waals surface area contributed by atoms with Gasteiger partial charge in [-0.3, -0.25) is 4.90 Å². The third-order valence-corrected chi connectivity index (χ3v) is 4.13. The Morgan fingerprint density at radius 2 is 2.28 bits per heavy atom. The van der Waals surface area contributed by atoms with E-state index in [-0.39, 0.29) is 0 Å². The van der Waals surface area contributed by atoms with Crippen molar-refractivity contribution >= 4 is 11.6 Å². The number of hydrogen-bond acceptors (Lipinski definition) is 3. The lowest BCUT2D eigenvalue weighted by Crippen LogP contribution is -2.55. The van der Waals surface area contributed by atoms with E-state index < -0.39 is 0 Å². The second-order valence-corrected chi connectivity index (χ2v) is 5.32. The number of pyridine rings is 1. The maximum absolute atomic E-state index is 6.15. The van der Waals surface area contributed by atoms with Crippen LogP contribution < -0.4 is 5.32 Å². The van der Waals surface area contributed by atoms with Gasteiger partial charge >= 0.3 is 0 Å². The Morgan fingerprint density at radius 1 is 1.44 bits per heavy atom. The summed E-state index contributed by atoms with van der Waals surface area (Å²) in [4.78, 5) is 6.69. The minimum absolute atomic E-state index is 0.600. The average Bonchev–Trinajstić information content (AvgIpc) is 2.41. The van der Waals surface area contributed by atoms with E-state index in [0.29, 0.717) is 17.2 Å². The van der Waals surface area contributed by atoms with Crippen LogP contribution in [-0.4, -0.2) is 35.1 Å². The molecule has 1 N–H and O–H groups in total. The molecule has 18 heavy (non-hydrogen) atoms. The van der Waals surface area contributed by atoms with E-state index in [1.54, 1.807) is 6.20 Å². The van der Waals surface area contributed by atoms with Crippen LogP contribution in [0.15, 0.2) is 18.3 Å². The number of nitrogens with zero attached hydrogens (tertiary/aromatic N) is 2. The molecule has 1 aliphatic heterocycles. The third kappa shape index (κ3) is 3.22. The molecule has 0 radical (unpaired) electrons. The summed E-state index contributed by atoms with van der Waals surface area (Å²) in [5.41, 5.74) is 1.13. The molecule has 1 aromatic heterocycles. The molecule has 0 aliphatic carbocycles. The molecule has 0 spiro atoms. The summed E-state index contributed by atoms with van der Waals surface area (Å²) in [5, 5.41) is 4.25. The first-order chi connectivity index (χ1) is 8.74. The van der Waals surface area contributed by atoms with Crippen molar-refractivity contribution in [2.45, 2.75) is 45.3 Å². The van der Waals surface area contributed by atoms with Gasteiger partial charge in [0, 0.05) is 43.5 Å². The van der Waals surface area contributed by atoms with Gasteiger partial charge in [0.25, 0.3) is 0 Å². The summed E-state index contributed by atoms with van der Waals surface area (Å²) < 4.78 is 0. The van der Waals surface area contributed by atoms with Crippen molar-refractivity contribution in [1.29, 1.82) is 0 Å². The minimum atomic E-state index is 0.600. The highest BCUT2D eigenvalue weighted by molar-refractivity contribution is 6.30. The SMILES string of the molecule is CCC1CN(Cc2cccnc2Cl)C(CC)CN1. The van der Waals surface area contributed by atoms with Crippen LogP contribution in [0.1, 0.15) is 32.3 Å². The van der Waals surface area contributed by atoms with E-state index in [0.717, 1.165) is 25.2 Å². The molecule has 2 atom stereocenters. The number of rotatable bonds is 4. The first-order valence-electron chi connectivity index (χ1n) is 6.81. The molecule has 1 aromatic rings. The van der Waals surface area contributed by atoms with E-state index in [2.05, 4.69) is 35.1 Å². The standard InChI is InChI=1S/C14H22ClN3/c1-3-12-10-18(13(4-2)8-17-12)9-11-6-5-7-16-14(11)15/h5-7,12-13,17H,3-4,8-10H2,1-2H3. The maximum Gasteiger partial charge on any atom is 0.133 e. The van der Waals surface area contributed by atoms with Gasteiger partial charge in [0.05, 0.1) is 0 Å². The Balaban J connectivity index is 2.07. The summed E-state index contributed by atoms with van der Waals surface area (Å²) in [6.45, 7) is 7.56. The summed E-state index contributed by atoms with van der Waals surface area (Å²) in [7, 11) is 0. The van der Waals surface area contributed by atoms with Crippen molar-refractivity contribution in [3.63, 3.8) is 0 Å². The highest BCUT2D eigenvalue weighted by atomic mass is 35.5. The van der Waals surface area contributed by atoms with Crippen molar-refractivity contribution in [2.75, 3.05) is 13.1 Å². The van der Waals surface area contributed by atoms with Crippen molar-refractivity contribution < 1.29 is 0 Å². The van der Waals surface area contributed by atoms with Crippen LogP contribution in [0.2, 0.25) is 5.15 Å². The Bertz CT molecular complexity index is 383. The van der Waals surface area contributed by atoms with Crippen LogP contribution in [0.25, 0.3) is 0 Å². The van der Waals surface area contributed by atoms with Gasteiger partial charge in [-0.1, -0.05) is 31.5 Å². The van der Waals surface area contributed by atoms with Gasteiger partial charge in [-0.2, -0.15) is 0 Å². The zero-order valence-electron chi connectivity index (χ0n) is 11.2. The molecule has 1 saturated heterocycles. The average molecular weight is 268 g/mol. The second kappa shape index (κ2) is 6.50. The van der Waals surface area contributed by atoms with Gasteiger partial charge in [-0.25, -0.2) is 4.98 Å². The molecule has 2 rings (SSSR count). The van der Waals surface area contributed by atoms with E-state index in [1.165, 1.54) is 12.8 Å². The van der Waals surface area contributed by atoms with E-state index in [9.17, 15) is 0 Å². The van der Waals surface area contributed by atoms with Crippen LogP contribution >= 0.6 is 11.6 Å². The van der Waals surface area contributed by atoms with Gasteiger partial charge in [0.15, 0.2) is 0 Å². The molecule has 1 aliphatic rings. The first-order valence-corrected chi connectivity index (χ1v) is 7.19. The Kier molecular flexibility index (Phi) is 4.98. The zero-order chi connectivity index (χ0) is 13.0. The maximum atomic E-state index is 6.15. The highest BCUT2D eigenvalue weighted by Gasteiger charge is 2.26. The van der Waals surface area contributed by atoms with Gasteiger partial charge in [-0.15, -0.1) is 0 Å². The van der Waals surface area contributed by atoms with Crippen molar-refractivity contribution in [3.8, 4) is 0 Å². The summed E-state index contributed by atoms with van der Waals surface area (Å²) in [6.07, 6.45) is 4.09. The summed E-state index contributed by atoms with van der Waals surface area (Å²) in [5.74, 6) is 0. The molecule has 2 heterocycles. The number of halogens is 1. The number of nitrogens with one attached hydrogen (secondary N) is 1. The fourth-order valence-electron chi connectivity index (χ4n) is 2.55. The van der Waals surface area contributed by atoms with Gasteiger partial charge < -0.3 is 5.32 Å². The molecule has 0 saturated carbocycles. The molecule has 100 valence electrons. The monoisotopic (exact) mass is 267 g/mol. The molecule has 0 amide bonds. The normalized spacial score (nSPS) is 25.3. The van der Waals surface area contributed by atoms with Crippen molar-refractivity contribution in [3.05, 3.63) is 29.0 Å². The van der Waals surface area contributed by atoms with Gasteiger partial charge in [0.1, 0.15) is 5.15 Å². The molecule has 1 fully saturated rings. The fourth-order valence-corrected chi connectivity index (χ4v) is 2.73. The van der Waals surface area contributed by atoms with Crippen molar-refractivity contribution in [1.82, 2.24) is 15.2 Å². The van der Waals surface area contributed by atoms with Crippen LogP contribution in [0.4, 0.5) is 0 Å². The Morgan fingerprint density at radius 3 is 2.94 bits per heavy atom. The van der Waals surface area contributed by atoms with Crippen molar-refractivity contribution in [2.24, 2.45) is 0 Å². The third-order valence-electron chi connectivity index (χ3n) is 3.79. The lowest BCUT2D eigenvalue weighted by molar-refractivity contribution is 0.117. The predicted octanol–water partition coefficient (Wildman–Crippen LogP) is 2.70. The van der Waals surface area contributed by atoms with Crippen LogP contribution in [-0.2, 0) is 6.54 Å². The number of aromatic nitrogens is 1. The second-order valence-electron chi connectivity index (χ2n) is 4.96. The summed E-state index contributed by atoms with van der Waals surface area (Å²) >= 11 is 6.15. The molecular formula is C14H22ClN3. The van der Waals surface area contributed by atoms with Crippen LogP contribution in [0.5, 0.6) is 0 Å². The quantitative estimate of drug-likeness (QED) is 0.851. The minimum Gasteiger partial charge on any atom is -0.311 e. The molecule has 0 aromatic carbocycles. The lowest BCUT2D eigenvalue weighted by Gasteiger charge is -2.40.